The fourth-order valence-corrected chi connectivity index (χ4v) is 5.13. The number of benzene rings is 1. The van der Waals surface area contributed by atoms with Crippen LogP contribution < -0.4 is 20.7 Å². The number of nitriles is 1. The van der Waals surface area contributed by atoms with Gasteiger partial charge in [0.1, 0.15) is 16.7 Å². The molecule has 4 heterocycles. The van der Waals surface area contributed by atoms with Crippen LogP contribution in [0.1, 0.15) is 19.3 Å². The summed E-state index contributed by atoms with van der Waals surface area (Å²) in [6.45, 7) is 5.07. The molecule has 1 aromatic carbocycles. The van der Waals surface area contributed by atoms with Crippen LogP contribution in [0.25, 0.3) is 10.9 Å². The first-order valence-corrected chi connectivity index (χ1v) is 13.0. The van der Waals surface area contributed by atoms with Crippen molar-refractivity contribution in [2.45, 2.75) is 25.4 Å². The van der Waals surface area contributed by atoms with E-state index in [1.165, 1.54) is 6.20 Å². The van der Waals surface area contributed by atoms with Gasteiger partial charge in [0.15, 0.2) is 0 Å². The Morgan fingerprint density at radius 1 is 1.08 bits per heavy atom. The number of hydrogen-bond donors (Lipinski definition) is 4. The Bertz CT molecular complexity index is 1320. The van der Waals surface area contributed by atoms with Gasteiger partial charge in [0.2, 0.25) is 5.95 Å². The van der Waals surface area contributed by atoms with E-state index in [0.717, 1.165) is 63.5 Å². The largest absolute Gasteiger partial charge is 0.394 e. The quantitative estimate of drug-likeness (QED) is 0.337. The van der Waals surface area contributed by atoms with E-state index in [1.54, 1.807) is 0 Å². The van der Waals surface area contributed by atoms with Crippen molar-refractivity contribution in [2.24, 2.45) is 5.92 Å². The zero-order valence-corrected chi connectivity index (χ0v) is 21.3. The van der Waals surface area contributed by atoms with Crippen LogP contribution in [0, 0.1) is 17.2 Å². The Hall–Kier alpha value is -3.79. The molecule has 200 valence electrons. The molecule has 0 radical (unpaired) electrons. The lowest BCUT2D eigenvalue weighted by Crippen LogP contribution is -2.49. The molecule has 12 nitrogen and oxygen atoms in total. The lowest BCUT2D eigenvalue weighted by Gasteiger charge is -2.36. The maximum Gasteiger partial charge on any atom is 0.277 e. The fourth-order valence-electron chi connectivity index (χ4n) is 5.13. The van der Waals surface area contributed by atoms with Gasteiger partial charge in [0.05, 0.1) is 25.0 Å². The summed E-state index contributed by atoms with van der Waals surface area (Å²) in [6.07, 6.45) is 3.21. The predicted molar refractivity (Wildman–Crippen MR) is 145 cm³/mol. The topological polar surface area (TPSA) is 158 Å². The molecule has 0 spiro atoms. The highest BCUT2D eigenvalue weighted by molar-refractivity contribution is 5.90. The standard InChI is InChI=1S/C26H33N9O3/c27-8-5-18-6-9-35(10-7-18)26-30-22-15-28-32-25(38)23(22)24(31-26)29-19-1-3-20(4-2-19)34-13-11-33(12-14-34)16-21(37)17-36/h1-4,15,18,21,36-37H,5-7,9-14,16-17H2,(H,32,38)(H,29,30,31)/t21-/m1/s1. The third-order valence-corrected chi connectivity index (χ3v) is 7.33. The average Bonchev–Trinajstić information content (AvgIpc) is 2.94. The van der Waals surface area contributed by atoms with Gasteiger partial charge in [-0.3, -0.25) is 9.69 Å². The Labute approximate surface area is 220 Å². The van der Waals surface area contributed by atoms with E-state index >= 15 is 0 Å². The Morgan fingerprint density at radius 2 is 1.82 bits per heavy atom. The van der Waals surface area contributed by atoms with E-state index in [2.05, 4.69) is 41.3 Å². The molecule has 0 aliphatic carbocycles. The molecule has 2 saturated heterocycles. The molecule has 0 saturated carbocycles. The van der Waals surface area contributed by atoms with Crippen molar-refractivity contribution in [3.63, 3.8) is 0 Å². The van der Waals surface area contributed by atoms with Gasteiger partial charge in [-0.15, -0.1) is 0 Å². The van der Waals surface area contributed by atoms with Crippen molar-refractivity contribution in [1.29, 1.82) is 5.26 Å². The highest BCUT2D eigenvalue weighted by Gasteiger charge is 2.23. The smallest absolute Gasteiger partial charge is 0.277 e. The van der Waals surface area contributed by atoms with Gasteiger partial charge in [-0.25, -0.2) is 10.1 Å². The second kappa shape index (κ2) is 11.7. The molecule has 0 unspecified atom stereocenters. The second-order valence-electron chi connectivity index (χ2n) is 9.92. The van der Waals surface area contributed by atoms with Crippen molar-refractivity contribution in [1.82, 2.24) is 25.1 Å². The summed E-state index contributed by atoms with van der Waals surface area (Å²) in [7, 11) is 0. The number of hydrogen-bond acceptors (Lipinski definition) is 11. The minimum atomic E-state index is -0.705. The van der Waals surface area contributed by atoms with Crippen LogP contribution in [-0.4, -0.2) is 93.8 Å². The lowest BCUT2D eigenvalue weighted by molar-refractivity contribution is 0.0575. The van der Waals surface area contributed by atoms with Crippen molar-refractivity contribution in [2.75, 3.05) is 67.5 Å². The second-order valence-corrected chi connectivity index (χ2v) is 9.92. The summed E-state index contributed by atoms with van der Waals surface area (Å²) in [6, 6.07) is 10.3. The number of nitrogens with one attached hydrogen (secondary N) is 2. The van der Waals surface area contributed by atoms with Gasteiger partial charge < -0.3 is 25.3 Å². The number of piperazine rings is 1. The number of aromatic amines is 1. The first kappa shape index (κ1) is 25.8. The molecule has 3 aromatic rings. The van der Waals surface area contributed by atoms with Gasteiger partial charge >= 0.3 is 0 Å². The number of piperidine rings is 1. The van der Waals surface area contributed by atoms with Gasteiger partial charge in [-0.1, -0.05) is 0 Å². The zero-order chi connectivity index (χ0) is 26.5. The third kappa shape index (κ3) is 5.85. The Morgan fingerprint density at radius 3 is 2.50 bits per heavy atom. The molecule has 2 fully saturated rings. The molecule has 0 bridgehead atoms. The van der Waals surface area contributed by atoms with Crippen LogP contribution in [0.3, 0.4) is 0 Å². The van der Waals surface area contributed by atoms with E-state index < -0.39 is 6.10 Å². The zero-order valence-electron chi connectivity index (χ0n) is 21.3. The summed E-state index contributed by atoms with van der Waals surface area (Å²) < 4.78 is 0. The number of aliphatic hydroxyl groups excluding tert-OH is 2. The average molecular weight is 520 g/mol. The molecular weight excluding hydrogens is 486 g/mol. The SMILES string of the molecule is N#CCC1CCN(c2nc(Nc3ccc(N4CCN(C[C@@H](O)CO)CC4)cc3)c3c(=O)[nH]ncc3n2)CC1. The molecule has 12 heteroatoms. The Kier molecular flexibility index (Phi) is 7.97. The van der Waals surface area contributed by atoms with Crippen LogP contribution in [0.4, 0.5) is 23.1 Å². The number of rotatable bonds is 8. The number of H-pyrrole nitrogens is 1. The molecule has 1 atom stereocenters. The predicted octanol–water partition coefficient (Wildman–Crippen LogP) is 1.06. The molecule has 0 amide bonds. The van der Waals surface area contributed by atoms with Crippen LogP contribution in [0.15, 0.2) is 35.3 Å². The maximum absolute atomic E-state index is 12.6. The fraction of sp³-hybridized carbons (Fsp3) is 0.500. The van der Waals surface area contributed by atoms with Gasteiger partial charge in [0.25, 0.3) is 5.56 Å². The minimum absolute atomic E-state index is 0.221. The first-order valence-electron chi connectivity index (χ1n) is 13.0. The van der Waals surface area contributed by atoms with Gasteiger partial charge in [-0.05, 0) is 43.0 Å². The van der Waals surface area contributed by atoms with Gasteiger partial charge in [-0.2, -0.15) is 15.3 Å². The monoisotopic (exact) mass is 519 g/mol. The molecule has 2 aromatic heterocycles. The molecule has 2 aliphatic heterocycles. The summed E-state index contributed by atoms with van der Waals surface area (Å²) in [5, 5.41) is 37.8. The summed E-state index contributed by atoms with van der Waals surface area (Å²) in [5.74, 6) is 1.37. The summed E-state index contributed by atoms with van der Waals surface area (Å²) >= 11 is 0. The van der Waals surface area contributed by atoms with E-state index in [0.29, 0.717) is 41.6 Å². The number of fused-ring (bicyclic) bond motifs is 1. The first-order chi connectivity index (χ1) is 18.5. The normalized spacial score (nSPS) is 17.9. The number of nitrogens with zero attached hydrogens (tertiary/aromatic N) is 7. The minimum Gasteiger partial charge on any atom is -0.394 e. The number of aromatic nitrogens is 4. The number of anilines is 4. The summed E-state index contributed by atoms with van der Waals surface area (Å²) in [5.41, 5.74) is 2.01. The highest BCUT2D eigenvalue weighted by Crippen LogP contribution is 2.28. The van der Waals surface area contributed by atoms with Crippen LogP contribution in [0.2, 0.25) is 0 Å². The highest BCUT2D eigenvalue weighted by atomic mass is 16.3. The number of aliphatic hydroxyl groups is 2. The third-order valence-electron chi connectivity index (χ3n) is 7.33. The van der Waals surface area contributed by atoms with E-state index in [1.807, 2.05) is 24.3 Å². The van der Waals surface area contributed by atoms with Crippen molar-refractivity contribution >= 4 is 34.0 Å². The summed E-state index contributed by atoms with van der Waals surface area (Å²) in [4.78, 5) is 28.6. The molecule has 38 heavy (non-hydrogen) atoms. The van der Waals surface area contributed by atoms with Crippen LogP contribution in [-0.2, 0) is 0 Å². The van der Waals surface area contributed by atoms with Crippen molar-refractivity contribution in [3.8, 4) is 6.07 Å². The van der Waals surface area contributed by atoms with Crippen LogP contribution >= 0.6 is 0 Å². The molecular formula is C26H33N9O3. The van der Waals surface area contributed by atoms with Crippen LogP contribution in [0.5, 0.6) is 0 Å². The van der Waals surface area contributed by atoms with Gasteiger partial charge in [0, 0.05) is 63.6 Å². The number of β-amino-alcohol motifs (C(OH)–C–C–N with tert-alkyl or cyclic N) is 1. The van der Waals surface area contributed by atoms with Crippen molar-refractivity contribution in [3.05, 3.63) is 40.8 Å². The Balaban J connectivity index is 1.31. The van der Waals surface area contributed by atoms with E-state index in [4.69, 9.17) is 15.4 Å². The van der Waals surface area contributed by atoms with E-state index in [-0.39, 0.29) is 12.2 Å². The molecule has 2 aliphatic rings. The molecule has 5 rings (SSSR count). The van der Waals surface area contributed by atoms with Crippen molar-refractivity contribution < 1.29 is 10.2 Å². The van der Waals surface area contributed by atoms with E-state index in [9.17, 15) is 9.90 Å². The molecule has 4 N–H and O–H groups in total. The maximum atomic E-state index is 12.6. The lowest BCUT2D eigenvalue weighted by atomic mass is 9.94.